The molecule has 0 heterocycles. The molecule has 5 heteroatoms. The Morgan fingerprint density at radius 2 is 2.00 bits per heavy atom. The highest BCUT2D eigenvalue weighted by Crippen LogP contribution is 2.15. The lowest BCUT2D eigenvalue weighted by Crippen LogP contribution is -2.26. The molecule has 1 aromatic carbocycles. The topological polar surface area (TPSA) is 56.7 Å². The second-order valence-corrected chi connectivity index (χ2v) is 5.56. The zero-order valence-corrected chi connectivity index (χ0v) is 15.6. The van der Waals surface area contributed by atoms with Crippen LogP contribution in [0.2, 0.25) is 0 Å². The molecule has 1 amide bonds. The van der Waals surface area contributed by atoms with Crippen LogP contribution in [0, 0.1) is 0 Å². The molecule has 25 heavy (non-hydrogen) atoms. The minimum Gasteiger partial charge on any atom is -0.384 e. The molecule has 1 aromatic rings. The number of allylic oxidation sites excluding steroid dienone is 1. The third-order valence-electron chi connectivity index (χ3n) is 3.82. The molecule has 0 saturated heterocycles. The molecule has 136 valence electrons. The fourth-order valence-electron chi connectivity index (χ4n) is 2.37. The molecule has 2 N–H and O–H groups in total. The number of carbonyl (C=O) groups is 1. The van der Waals surface area contributed by atoms with Crippen LogP contribution in [0.1, 0.15) is 37.6 Å². The number of hydrogen-bond donors (Lipinski definition) is 2. The molecule has 0 aromatic heterocycles. The Kier molecular flexibility index (Phi) is 9.94. The summed E-state index contributed by atoms with van der Waals surface area (Å²) in [6, 6.07) is 7.51. The minimum absolute atomic E-state index is 0.179. The van der Waals surface area contributed by atoms with Crippen LogP contribution in [-0.4, -0.2) is 43.2 Å². The Morgan fingerprint density at radius 3 is 2.68 bits per heavy atom. The van der Waals surface area contributed by atoms with E-state index in [0.29, 0.717) is 11.3 Å². The fraction of sp³-hybridized carbons (Fsp3) is 0.400. The van der Waals surface area contributed by atoms with Gasteiger partial charge in [0, 0.05) is 30.3 Å². The van der Waals surface area contributed by atoms with Gasteiger partial charge in [-0.15, -0.1) is 0 Å². The monoisotopic (exact) mass is 342 g/mol. The maximum atomic E-state index is 12.4. The highest BCUT2D eigenvalue weighted by Gasteiger charge is 2.10. The molecule has 0 saturated carbocycles. The summed E-state index contributed by atoms with van der Waals surface area (Å²) in [5, 5.41) is 6.14. The second-order valence-electron chi connectivity index (χ2n) is 5.56. The van der Waals surface area contributed by atoms with Crippen molar-refractivity contribution in [3.63, 3.8) is 0 Å². The van der Waals surface area contributed by atoms with Crippen LogP contribution in [0.25, 0.3) is 0 Å². The van der Waals surface area contributed by atoms with E-state index in [9.17, 15) is 4.79 Å². The first-order valence-corrected chi connectivity index (χ1v) is 8.82. The van der Waals surface area contributed by atoms with Crippen molar-refractivity contribution in [1.29, 1.82) is 0 Å². The molecule has 0 aliphatic rings. The first-order chi connectivity index (χ1) is 12.1. The highest BCUT2D eigenvalue weighted by molar-refractivity contribution is 6.00. The number of para-hydroxylation sites is 1. The molecule has 0 aliphatic heterocycles. The van der Waals surface area contributed by atoms with Gasteiger partial charge >= 0.3 is 0 Å². The van der Waals surface area contributed by atoms with Crippen molar-refractivity contribution in [3.8, 4) is 0 Å². The van der Waals surface area contributed by atoms with Gasteiger partial charge in [-0.05, 0) is 51.2 Å². The summed E-state index contributed by atoms with van der Waals surface area (Å²) < 4.78 is 0. The number of nitrogens with zero attached hydrogens (tertiary/aromatic N) is 2. The molecule has 5 nitrogen and oxygen atoms in total. The highest BCUT2D eigenvalue weighted by atomic mass is 16.1. The van der Waals surface area contributed by atoms with Gasteiger partial charge in [0.1, 0.15) is 0 Å². The molecule has 0 fully saturated rings. The van der Waals surface area contributed by atoms with Gasteiger partial charge in [-0.1, -0.05) is 32.6 Å². The Hall–Kier alpha value is -2.40. The standard InChI is InChI=1S/C20H30N4O/c1-5-21-15-13-17(4)23-20(25)18-11-8-9-12-19(18)22-14-10-16-24(6-2)7-3/h5,8-9,11-13,15,22H,4,6-7,10,14,16H2,1-3H3,(H,23,25)/b15-13-,21-5-. The van der Waals surface area contributed by atoms with Crippen molar-refractivity contribution >= 4 is 17.8 Å². The largest absolute Gasteiger partial charge is 0.384 e. The Balaban J connectivity index is 2.60. The first kappa shape index (κ1) is 20.6. The van der Waals surface area contributed by atoms with Gasteiger partial charge in [-0.2, -0.15) is 0 Å². The van der Waals surface area contributed by atoms with E-state index in [0.717, 1.165) is 38.3 Å². The predicted octanol–water partition coefficient (Wildman–Crippen LogP) is 3.68. The van der Waals surface area contributed by atoms with Gasteiger partial charge in [-0.3, -0.25) is 9.79 Å². The van der Waals surface area contributed by atoms with Crippen LogP contribution in [0.4, 0.5) is 5.69 Å². The van der Waals surface area contributed by atoms with E-state index in [1.807, 2.05) is 31.2 Å². The maximum absolute atomic E-state index is 12.4. The lowest BCUT2D eigenvalue weighted by atomic mass is 10.1. The molecule has 0 radical (unpaired) electrons. The van der Waals surface area contributed by atoms with Gasteiger partial charge in [0.25, 0.3) is 5.91 Å². The molecule has 1 rings (SSSR count). The van der Waals surface area contributed by atoms with E-state index in [-0.39, 0.29) is 5.91 Å². The summed E-state index contributed by atoms with van der Waals surface area (Å²) in [4.78, 5) is 18.8. The number of anilines is 1. The number of carbonyl (C=O) groups excluding carboxylic acids is 1. The first-order valence-electron chi connectivity index (χ1n) is 8.82. The van der Waals surface area contributed by atoms with E-state index in [1.54, 1.807) is 18.5 Å². The SMILES string of the molecule is C=C(/C=C\N=C/C)NC(=O)c1ccccc1NCCCN(CC)CC. The summed E-state index contributed by atoms with van der Waals surface area (Å²) in [6.45, 7) is 14.0. The number of nitrogens with one attached hydrogen (secondary N) is 2. The Labute approximate surface area is 151 Å². The van der Waals surface area contributed by atoms with E-state index in [1.165, 1.54) is 0 Å². The normalized spacial score (nSPS) is 11.4. The van der Waals surface area contributed by atoms with Crippen molar-refractivity contribution < 1.29 is 4.79 Å². The number of aliphatic imine (C=N–C) groups is 1. The molecule has 0 unspecified atom stereocenters. The van der Waals surface area contributed by atoms with Gasteiger partial charge in [0.15, 0.2) is 0 Å². The number of hydrogen-bond acceptors (Lipinski definition) is 4. The van der Waals surface area contributed by atoms with Crippen molar-refractivity contribution in [3.05, 3.63) is 54.4 Å². The van der Waals surface area contributed by atoms with Crippen LogP contribution < -0.4 is 10.6 Å². The smallest absolute Gasteiger partial charge is 0.257 e. The predicted molar refractivity (Wildman–Crippen MR) is 107 cm³/mol. The quantitative estimate of drug-likeness (QED) is 0.366. The lowest BCUT2D eigenvalue weighted by Gasteiger charge is -2.18. The summed E-state index contributed by atoms with van der Waals surface area (Å²) in [6.07, 6.45) is 5.96. The van der Waals surface area contributed by atoms with Crippen LogP contribution in [0.5, 0.6) is 0 Å². The molecule has 0 aliphatic carbocycles. The molecular formula is C20H30N4O. The van der Waals surface area contributed by atoms with E-state index >= 15 is 0 Å². The number of amides is 1. The molecule has 0 spiro atoms. The summed E-state index contributed by atoms with van der Waals surface area (Å²) in [5.41, 5.74) is 1.95. The second kappa shape index (κ2) is 12.0. The number of benzene rings is 1. The van der Waals surface area contributed by atoms with E-state index in [2.05, 4.69) is 41.0 Å². The fourth-order valence-corrected chi connectivity index (χ4v) is 2.37. The molecule has 0 atom stereocenters. The van der Waals surface area contributed by atoms with Gasteiger partial charge in [-0.25, -0.2) is 0 Å². The van der Waals surface area contributed by atoms with Crippen LogP contribution in [0.3, 0.4) is 0 Å². The van der Waals surface area contributed by atoms with Crippen molar-refractivity contribution in [2.24, 2.45) is 4.99 Å². The summed E-state index contributed by atoms with van der Waals surface area (Å²) >= 11 is 0. The minimum atomic E-state index is -0.179. The Morgan fingerprint density at radius 1 is 1.28 bits per heavy atom. The molecule has 0 bridgehead atoms. The van der Waals surface area contributed by atoms with Crippen LogP contribution in [0.15, 0.2) is 53.8 Å². The van der Waals surface area contributed by atoms with Gasteiger partial charge < -0.3 is 15.5 Å². The Bertz CT molecular complexity index is 603. The van der Waals surface area contributed by atoms with Crippen LogP contribution >= 0.6 is 0 Å². The van der Waals surface area contributed by atoms with E-state index in [4.69, 9.17) is 0 Å². The van der Waals surface area contributed by atoms with Crippen molar-refractivity contribution in [2.45, 2.75) is 27.2 Å². The van der Waals surface area contributed by atoms with Gasteiger partial charge in [0.2, 0.25) is 0 Å². The third kappa shape index (κ3) is 7.81. The maximum Gasteiger partial charge on any atom is 0.257 e. The molecular weight excluding hydrogens is 312 g/mol. The van der Waals surface area contributed by atoms with Crippen molar-refractivity contribution in [2.75, 3.05) is 31.5 Å². The third-order valence-corrected chi connectivity index (χ3v) is 3.82. The van der Waals surface area contributed by atoms with Crippen molar-refractivity contribution in [1.82, 2.24) is 10.2 Å². The average molecular weight is 342 g/mol. The summed E-state index contributed by atoms with van der Waals surface area (Å²) in [7, 11) is 0. The zero-order valence-electron chi connectivity index (χ0n) is 15.6. The van der Waals surface area contributed by atoms with E-state index < -0.39 is 0 Å². The van der Waals surface area contributed by atoms with Crippen LogP contribution in [-0.2, 0) is 0 Å². The van der Waals surface area contributed by atoms with Gasteiger partial charge in [0.05, 0.1) is 5.56 Å². The number of rotatable bonds is 11. The summed E-state index contributed by atoms with van der Waals surface area (Å²) in [5.74, 6) is -0.179. The zero-order chi connectivity index (χ0) is 18.5. The average Bonchev–Trinajstić information content (AvgIpc) is 2.62. The lowest BCUT2D eigenvalue weighted by molar-refractivity contribution is 0.0968.